The lowest BCUT2D eigenvalue weighted by Crippen LogP contribution is -1.78. The highest BCUT2D eigenvalue weighted by atomic mass is 35.5. The Kier molecular flexibility index (Phi) is 4.05. The van der Waals surface area contributed by atoms with Crippen molar-refractivity contribution >= 4 is 39.9 Å². The highest BCUT2D eigenvalue weighted by Gasteiger charge is 1.97. The second kappa shape index (κ2) is 5.09. The summed E-state index contributed by atoms with van der Waals surface area (Å²) in [5, 5.41) is 3.95. The number of azide groups is 1. The molecule has 0 heterocycles. The molecule has 0 amide bonds. The van der Waals surface area contributed by atoms with E-state index in [4.69, 9.17) is 29.3 Å². The van der Waals surface area contributed by atoms with Crippen LogP contribution in [0.5, 0.6) is 0 Å². The van der Waals surface area contributed by atoms with E-state index in [9.17, 15) is 0 Å². The molecule has 0 atom stereocenters. The van der Waals surface area contributed by atoms with E-state index in [2.05, 4.69) is 10.0 Å². The summed E-state index contributed by atoms with van der Waals surface area (Å²) in [6.45, 7) is 0. The Balaban J connectivity index is 2.69. The number of nitrogens with zero attached hydrogens (tertiary/aromatic N) is 3. The van der Waals surface area contributed by atoms with Gasteiger partial charge in [-0.3, -0.25) is 0 Å². The number of benzene rings is 1. The van der Waals surface area contributed by atoms with Crippen LogP contribution in [0.15, 0.2) is 34.3 Å². The van der Waals surface area contributed by atoms with Crippen LogP contribution in [0.3, 0.4) is 0 Å². The average Bonchev–Trinajstić information content (AvgIpc) is 2.09. The van der Waals surface area contributed by atoms with E-state index in [1.54, 1.807) is 12.1 Å². The molecule has 0 fully saturated rings. The van der Waals surface area contributed by atoms with Crippen molar-refractivity contribution in [2.24, 2.45) is 5.11 Å². The minimum absolute atomic E-state index is 0.254. The standard InChI is InChI=1S/C7H4ClN3S2/c8-5-1-3-6(4-2-5)13-7(12)10-11-9/h1-4H. The van der Waals surface area contributed by atoms with Crippen LogP contribution in [0.2, 0.25) is 5.02 Å². The summed E-state index contributed by atoms with van der Waals surface area (Å²) in [4.78, 5) is 3.49. The molecular weight excluding hydrogens is 226 g/mol. The largest absolute Gasteiger partial charge is 0.139 e. The van der Waals surface area contributed by atoms with E-state index >= 15 is 0 Å². The van der Waals surface area contributed by atoms with Gasteiger partial charge in [0.2, 0.25) is 0 Å². The zero-order chi connectivity index (χ0) is 9.68. The molecule has 0 aliphatic carbocycles. The Morgan fingerprint density at radius 1 is 1.46 bits per heavy atom. The normalized spacial score (nSPS) is 9.00. The van der Waals surface area contributed by atoms with Gasteiger partial charge in [-0.1, -0.05) is 35.6 Å². The van der Waals surface area contributed by atoms with E-state index in [1.165, 1.54) is 11.8 Å². The predicted octanol–water partition coefficient (Wildman–Crippen LogP) is 4.03. The third-order valence-electron chi connectivity index (χ3n) is 1.15. The van der Waals surface area contributed by atoms with Gasteiger partial charge in [-0.25, -0.2) is 0 Å². The van der Waals surface area contributed by atoms with E-state index in [-0.39, 0.29) is 4.32 Å². The molecule has 0 aliphatic rings. The van der Waals surface area contributed by atoms with Crippen LogP contribution < -0.4 is 0 Å². The number of thiocarbonyl (C=S) groups is 1. The van der Waals surface area contributed by atoms with Gasteiger partial charge < -0.3 is 0 Å². The van der Waals surface area contributed by atoms with Gasteiger partial charge in [-0.15, -0.1) is 0 Å². The zero-order valence-electron chi connectivity index (χ0n) is 6.35. The molecular formula is C7H4ClN3S2. The first-order valence-corrected chi connectivity index (χ1v) is 4.85. The van der Waals surface area contributed by atoms with Gasteiger partial charge in [0.25, 0.3) is 0 Å². The van der Waals surface area contributed by atoms with Gasteiger partial charge in [-0.2, -0.15) is 0 Å². The Hall–Kier alpha value is -0.740. The van der Waals surface area contributed by atoms with E-state index in [1.807, 2.05) is 12.1 Å². The molecule has 0 unspecified atom stereocenters. The summed E-state index contributed by atoms with van der Waals surface area (Å²) in [5.74, 6) is 0. The van der Waals surface area contributed by atoms with E-state index in [0.717, 1.165) is 4.90 Å². The molecule has 13 heavy (non-hydrogen) atoms. The first kappa shape index (κ1) is 10.3. The summed E-state index contributed by atoms with van der Waals surface area (Å²) >= 11 is 11.7. The number of hydrogen-bond acceptors (Lipinski definition) is 2. The van der Waals surface area contributed by atoms with Crippen LogP contribution >= 0.6 is 35.6 Å². The SMILES string of the molecule is [N-]=[N+]=NC(=S)Sc1ccc(Cl)cc1. The van der Waals surface area contributed by atoms with Crippen LogP contribution in [0.25, 0.3) is 10.4 Å². The highest BCUT2D eigenvalue weighted by Crippen LogP contribution is 2.22. The molecule has 0 radical (unpaired) electrons. The fourth-order valence-corrected chi connectivity index (χ4v) is 1.66. The summed E-state index contributed by atoms with van der Waals surface area (Å²) in [7, 11) is 0. The molecule has 0 saturated heterocycles. The van der Waals surface area contributed by atoms with Gasteiger partial charge in [-0.05, 0) is 34.9 Å². The number of hydrogen-bond donors (Lipinski definition) is 0. The Bertz CT molecular complexity index is 357. The van der Waals surface area contributed by atoms with Gasteiger partial charge in [0.1, 0.15) is 4.32 Å². The zero-order valence-corrected chi connectivity index (χ0v) is 8.73. The third kappa shape index (κ3) is 3.65. The molecule has 0 N–H and O–H groups in total. The van der Waals surface area contributed by atoms with Gasteiger partial charge in [0, 0.05) is 14.8 Å². The smallest absolute Gasteiger partial charge is 0.0843 e. The molecule has 0 aliphatic heterocycles. The summed E-state index contributed by atoms with van der Waals surface area (Å²) < 4.78 is 0.254. The quantitative estimate of drug-likeness (QED) is 0.240. The minimum atomic E-state index is 0.254. The molecule has 0 saturated carbocycles. The van der Waals surface area contributed by atoms with Crippen LogP contribution in [0.4, 0.5) is 0 Å². The molecule has 1 aromatic carbocycles. The first-order valence-electron chi connectivity index (χ1n) is 3.25. The maximum absolute atomic E-state index is 8.10. The molecule has 6 heteroatoms. The average molecular weight is 230 g/mol. The van der Waals surface area contributed by atoms with E-state index in [0.29, 0.717) is 5.02 Å². The lowest BCUT2D eigenvalue weighted by Gasteiger charge is -1.97. The number of rotatable bonds is 1. The van der Waals surface area contributed by atoms with Crippen molar-refractivity contribution in [3.8, 4) is 0 Å². The van der Waals surface area contributed by atoms with Crippen molar-refractivity contribution in [2.45, 2.75) is 4.90 Å². The van der Waals surface area contributed by atoms with Crippen molar-refractivity contribution in [2.75, 3.05) is 0 Å². The lowest BCUT2D eigenvalue weighted by molar-refractivity contribution is 1.47. The number of thioether (sulfide) groups is 1. The van der Waals surface area contributed by atoms with Gasteiger partial charge in [0.15, 0.2) is 0 Å². The Labute approximate surface area is 89.7 Å². The van der Waals surface area contributed by atoms with Crippen molar-refractivity contribution < 1.29 is 0 Å². The fourth-order valence-electron chi connectivity index (χ4n) is 0.660. The Morgan fingerprint density at radius 2 is 2.08 bits per heavy atom. The van der Waals surface area contributed by atoms with Crippen molar-refractivity contribution in [1.82, 2.24) is 0 Å². The second-order valence-electron chi connectivity index (χ2n) is 2.01. The van der Waals surface area contributed by atoms with Crippen molar-refractivity contribution in [3.63, 3.8) is 0 Å². The summed E-state index contributed by atoms with van der Waals surface area (Å²) in [6, 6.07) is 7.13. The molecule has 0 aromatic heterocycles. The minimum Gasteiger partial charge on any atom is -0.0843 e. The predicted molar refractivity (Wildman–Crippen MR) is 59.1 cm³/mol. The molecule has 0 bridgehead atoms. The molecule has 66 valence electrons. The number of halogens is 1. The van der Waals surface area contributed by atoms with Crippen molar-refractivity contribution in [1.29, 1.82) is 0 Å². The maximum atomic E-state index is 8.10. The highest BCUT2D eigenvalue weighted by molar-refractivity contribution is 8.23. The molecule has 1 aromatic rings. The van der Waals surface area contributed by atoms with Crippen LogP contribution in [-0.4, -0.2) is 4.32 Å². The van der Waals surface area contributed by atoms with Gasteiger partial charge >= 0.3 is 0 Å². The molecule has 1 rings (SSSR count). The second-order valence-corrected chi connectivity index (χ2v) is 4.16. The molecule has 0 spiro atoms. The van der Waals surface area contributed by atoms with Crippen LogP contribution in [0, 0.1) is 0 Å². The van der Waals surface area contributed by atoms with Crippen LogP contribution in [0.1, 0.15) is 0 Å². The van der Waals surface area contributed by atoms with Crippen LogP contribution in [-0.2, 0) is 0 Å². The first-order chi connectivity index (χ1) is 6.22. The van der Waals surface area contributed by atoms with Crippen molar-refractivity contribution in [3.05, 3.63) is 39.7 Å². The summed E-state index contributed by atoms with van der Waals surface area (Å²) in [6.07, 6.45) is 0. The Morgan fingerprint density at radius 3 is 2.62 bits per heavy atom. The third-order valence-corrected chi connectivity index (χ3v) is 2.49. The summed E-state index contributed by atoms with van der Waals surface area (Å²) in [5.41, 5.74) is 8.10. The fraction of sp³-hybridized carbons (Fsp3) is 0. The maximum Gasteiger partial charge on any atom is 0.139 e. The van der Waals surface area contributed by atoms with E-state index < -0.39 is 0 Å². The topological polar surface area (TPSA) is 48.8 Å². The molecule has 3 nitrogen and oxygen atoms in total. The monoisotopic (exact) mass is 229 g/mol. The lowest BCUT2D eigenvalue weighted by atomic mass is 10.4. The van der Waals surface area contributed by atoms with Gasteiger partial charge in [0.05, 0.1) is 0 Å².